The molecule has 0 saturated heterocycles. The van der Waals surface area contributed by atoms with Crippen molar-refractivity contribution >= 4 is 27.3 Å². The van der Waals surface area contributed by atoms with Gasteiger partial charge in [-0.15, -0.1) is 11.3 Å². The summed E-state index contributed by atoms with van der Waals surface area (Å²) in [5, 5.41) is 13.1. The number of hydrogen-bond donors (Lipinski definition) is 3. The van der Waals surface area contributed by atoms with Gasteiger partial charge in [-0.1, -0.05) is 32.1 Å². The number of nitrogens with one attached hydrogen (secondary N) is 2. The van der Waals surface area contributed by atoms with Gasteiger partial charge >= 0.3 is 0 Å². The number of amides is 1. The number of aromatic nitrogens is 2. The standard InChI is InChI=1S/C26H40N4O4S2/c1-16-17(2)24(36(33,34)30-25(3,4)5)27-14-19(16)21-20(13-18-11-9-8-10-12-18)29-23(35-21)22(31)28-15-26(6,7)32/h14,18,30,32H,8-13,15H2,1-7H3,(H,28,31). The van der Waals surface area contributed by atoms with Gasteiger partial charge in [-0.2, -0.15) is 0 Å². The number of nitrogens with zero attached hydrogens (tertiary/aromatic N) is 2. The molecule has 1 saturated carbocycles. The molecule has 3 N–H and O–H groups in total. The van der Waals surface area contributed by atoms with Crippen molar-refractivity contribution in [3.05, 3.63) is 28.0 Å². The quantitative estimate of drug-likeness (QED) is 0.456. The maximum Gasteiger partial charge on any atom is 0.280 e. The first kappa shape index (κ1) is 28.7. The van der Waals surface area contributed by atoms with E-state index in [0.717, 1.165) is 41.0 Å². The normalized spacial score (nSPS) is 15.8. The Morgan fingerprint density at radius 2 is 1.75 bits per heavy atom. The molecule has 0 radical (unpaired) electrons. The van der Waals surface area contributed by atoms with E-state index in [9.17, 15) is 18.3 Å². The molecule has 1 aliphatic carbocycles. The molecule has 2 aromatic rings. The number of thiazole rings is 1. The van der Waals surface area contributed by atoms with Crippen molar-refractivity contribution in [1.82, 2.24) is 20.0 Å². The number of aliphatic hydroxyl groups is 1. The van der Waals surface area contributed by atoms with Crippen molar-refractivity contribution < 1.29 is 18.3 Å². The molecule has 0 unspecified atom stereocenters. The largest absolute Gasteiger partial charge is 0.389 e. The third-order valence-corrected chi connectivity index (χ3v) is 9.25. The van der Waals surface area contributed by atoms with Gasteiger partial charge in [0.1, 0.15) is 0 Å². The lowest BCUT2D eigenvalue weighted by molar-refractivity contribution is 0.0694. The third kappa shape index (κ3) is 7.34. The Balaban J connectivity index is 2.02. The summed E-state index contributed by atoms with van der Waals surface area (Å²) in [5.41, 5.74) is 1.38. The van der Waals surface area contributed by atoms with Gasteiger partial charge in [0.25, 0.3) is 15.9 Å². The number of pyridine rings is 1. The molecule has 8 nitrogen and oxygen atoms in total. The van der Waals surface area contributed by atoms with Crippen molar-refractivity contribution in [1.29, 1.82) is 0 Å². The Morgan fingerprint density at radius 3 is 2.33 bits per heavy atom. The minimum absolute atomic E-state index is 0.0140. The SMILES string of the molecule is Cc1c(-c2sc(C(=O)NCC(C)(C)O)nc2CC2CCCCC2)cnc(S(=O)(=O)NC(C)(C)C)c1C. The molecule has 0 aromatic carbocycles. The van der Waals surface area contributed by atoms with Gasteiger partial charge in [0.05, 0.1) is 16.2 Å². The summed E-state index contributed by atoms with van der Waals surface area (Å²) in [6.45, 7) is 12.4. The fraction of sp³-hybridized carbons (Fsp3) is 0.654. The highest BCUT2D eigenvalue weighted by Gasteiger charge is 2.28. The number of hydrogen-bond acceptors (Lipinski definition) is 7. The molecule has 200 valence electrons. The number of sulfonamides is 1. The molecule has 3 rings (SSSR count). The maximum atomic E-state index is 13.0. The van der Waals surface area contributed by atoms with Crippen LogP contribution in [-0.2, 0) is 16.4 Å². The molecule has 1 amide bonds. The minimum Gasteiger partial charge on any atom is -0.389 e. The van der Waals surface area contributed by atoms with Crippen LogP contribution in [0.3, 0.4) is 0 Å². The monoisotopic (exact) mass is 536 g/mol. The summed E-state index contributed by atoms with van der Waals surface area (Å²) in [6, 6.07) is 0. The Hall–Kier alpha value is -1.88. The third-order valence-electron chi connectivity index (χ3n) is 6.32. The molecule has 1 fully saturated rings. The first-order valence-corrected chi connectivity index (χ1v) is 14.9. The lowest BCUT2D eigenvalue weighted by Gasteiger charge is -2.22. The molecule has 2 heterocycles. The molecule has 0 bridgehead atoms. The van der Waals surface area contributed by atoms with Crippen LogP contribution in [0, 0.1) is 19.8 Å². The number of rotatable bonds is 8. The summed E-state index contributed by atoms with van der Waals surface area (Å²) in [6.07, 6.45) is 8.31. The zero-order valence-corrected chi connectivity index (χ0v) is 24.1. The van der Waals surface area contributed by atoms with Gasteiger partial charge in [-0.25, -0.2) is 23.1 Å². The van der Waals surface area contributed by atoms with Crippen LogP contribution in [0.4, 0.5) is 0 Å². The molecule has 36 heavy (non-hydrogen) atoms. The van der Waals surface area contributed by atoms with E-state index in [2.05, 4.69) is 15.0 Å². The summed E-state index contributed by atoms with van der Waals surface area (Å²) >= 11 is 1.30. The van der Waals surface area contributed by atoms with E-state index in [1.54, 1.807) is 47.7 Å². The van der Waals surface area contributed by atoms with Crippen molar-refractivity contribution in [2.45, 2.75) is 103 Å². The van der Waals surface area contributed by atoms with Crippen LogP contribution in [0.2, 0.25) is 0 Å². The average Bonchev–Trinajstić information content (AvgIpc) is 3.15. The topological polar surface area (TPSA) is 121 Å². The van der Waals surface area contributed by atoms with Crippen molar-refractivity contribution in [2.75, 3.05) is 6.54 Å². The minimum atomic E-state index is -3.79. The van der Waals surface area contributed by atoms with Gasteiger partial charge in [-0.05, 0) is 71.9 Å². The highest BCUT2D eigenvalue weighted by Crippen LogP contribution is 2.38. The Bertz CT molecular complexity index is 1200. The van der Waals surface area contributed by atoms with E-state index < -0.39 is 21.2 Å². The van der Waals surface area contributed by atoms with Crippen LogP contribution in [0.15, 0.2) is 11.2 Å². The van der Waals surface area contributed by atoms with Crippen LogP contribution in [0.1, 0.15) is 93.3 Å². The maximum absolute atomic E-state index is 13.0. The number of carbonyl (C=O) groups excluding carboxylic acids is 1. The van der Waals surface area contributed by atoms with E-state index in [-0.39, 0.29) is 17.5 Å². The second-order valence-electron chi connectivity index (χ2n) is 11.6. The molecule has 10 heteroatoms. The zero-order chi connectivity index (χ0) is 26.9. The molecule has 0 spiro atoms. The van der Waals surface area contributed by atoms with Crippen LogP contribution < -0.4 is 10.0 Å². The van der Waals surface area contributed by atoms with E-state index in [0.29, 0.717) is 16.5 Å². The van der Waals surface area contributed by atoms with E-state index in [1.165, 1.54) is 30.6 Å². The highest BCUT2D eigenvalue weighted by molar-refractivity contribution is 7.89. The van der Waals surface area contributed by atoms with Crippen molar-refractivity contribution in [2.24, 2.45) is 5.92 Å². The van der Waals surface area contributed by atoms with Crippen molar-refractivity contribution in [3.63, 3.8) is 0 Å². The zero-order valence-electron chi connectivity index (χ0n) is 22.5. The number of carbonyl (C=O) groups is 1. The summed E-state index contributed by atoms with van der Waals surface area (Å²) < 4.78 is 28.7. The van der Waals surface area contributed by atoms with Gasteiger partial charge < -0.3 is 10.4 Å². The Kier molecular flexibility index (Phi) is 8.65. The van der Waals surface area contributed by atoms with Crippen LogP contribution in [0.25, 0.3) is 10.4 Å². The van der Waals surface area contributed by atoms with E-state index >= 15 is 0 Å². The van der Waals surface area contributed by atoms with Crippen LogP contribution >= 0.6 is 11.3 Å². The Morgan fingerprint density at radius 1 is 1.11 bits per heavy atom. The van der Waals surface area contributed by atoms with Gasteiger partial charge in [0, 0.05) is 23.8 Å². The first-order chi connectivity index (χ1) is 16.6. The average molecular weight is 537 g/mol. The summed E-state index contributed by atoms with van der Waals surface area (Å²) in [4.78, 5) is 22.8. The summed E-state index contributed by atoms with van der Waals surface area (Å²) in [5.74, 6) is 0.186. The predicted molar refractivity (Wildman–Crippen MR) is 144 cm³/mol. The molecule has 1 aliphatic rings. The van der Waals surface area contributed by atoms with Crippen LogP contribution in [-0.4, -0.2) is 47.1 Å². The van der Waals surface area contributed by atoms with E-state index in [4.69, 9.17) is 4.98 Å². The Labute approximate surface area is 219 Å². The molecule has 2 aromatic heterocycles. The molecule has 0 atom stereocenters. The highest BCUT2D eigenvalue weighted by atomic mass is 32.2. The fourth-order valence-electron chi connectivity index (χ4n) is 4.47. The van der Waals surface area contributed by atoms with E-state index in [1.807, 2.05) is 6.92 Å². The molecular formula is C26H40N4O4S2. The van der Waals surface area contributed by atoms with Crippen LogP contribution in [0.5, 0.6) is 0 Å². The predicted octanol–water partition coefficient (Wildman–Crippen LogP) is 4.52. The summed E-state index contributed by atoms with van der Waals surface area (Å²) in [7, 11) is -3.79. The van der Waals surface area contributed by atoms with Gasteiger partial charge in [-0.3, -0.25) is 4.79 Å². The molecule has 0 aliphatic heterocycles. The molecular weight excluding hydrogens is 496 g/mol. The van der Waals surface area contributed by atoms with Gasteiger partial charge in [0.2, 0.25) is 0 Å². The van der Waals surface area contributed by atoms with Gasteiger partial charge in [0.15, 0.2) is 10.0 Å². The second kappa shape index (κ2) is 10.8. The van der Waals surface area contributed by atoms with Crippen molar-refractivity contribution in [3.8, 4) is 10.4 Å². The fourth-order valence-corrected chi connectivity index (χ4v) is 7.19. The second-order valence-corrected chi connectivity index (χ2v) is 14.2. The first-order valence-electron chi connectivity index (χ1n) is 12.6. The smallest absolute Gasteiger partial charge is 0.280 e. The lowest BCUT2D eigenvalue weighted by Crippen LogP contribution is -2.41. The lowest BCUT2D eigenvalue weighted by atomic mass is 9.85.